The van der Waals surface area contributed by atoms with E-state index in [0.29, 0.717) is 6.54 Å². The number of aromatic nitrogens is 1. The van der Waals surface area contributed by atoms with E-state index in [0.717, 1.165) is 22.4 Å². The van der Waals surface area contributed by atoms with Crippen LogP contribution in [0.3, 0.4) is 0 Å². The first-order chi connectivity index (χ1) is 11.3. The van der Waals surface area contributed by atoms with Crippen LogP contribution in [0.25, 0.3) is 0 Å². The molecule has 0 aliphatic heterocycles. The molecule has 0 radical (unpaired) electrons. The van der Waals surface area contributed by atoms with Crippen LogP contribution in [0.1, 0.15) is 15.9 Å². The number of primary amides is 1. The first kappa shape index (κ1) is 17.3. The molecule has 2 rings (SSSR count). The third kappa shape index (κ3) is 3.84. The zero-order valence-electron chi connectivity index (χ0n) is 12.7. The number of thiophene rings is 1. The van der Waals surface area contributed by atoms with Gasteiger partial charge in [0.1, 0.15) is 12.1 Å². The van der Waals surface area contributed by atoms with E-state index in [2.05, 4.69) is 0 Å². The van der Waals surface area contributed by atoms with Gasteiger partial charge in [0.2, 0.25) is 5.91 Å². The van der Waals surface area contributed by atoms with Gasteiger partial charge in [-0.1, -0.05) is 0 Å². The largest absolute Gasteiger partial charge is 0.365 e. The predicted molar refractivity (Wildman–Crippen MR) is 86.7 cm³/mol. The average molecular weight is 350 g/mol. The monoisotopic (exact) mass is 350 g/mol. The molecule has 10 heteroatoms. The van der Waals surface area contributed by atoms with Crippen molar-refractivity contribution in [3.8, 4) is 0 Å². The quantitative estimate of drug-likeness (QED) is 0.602. The summed E-state index contributed by atoms with van der Waals surface area (Å²) in [6.45, 7) is -0.0872. The van der Waals surface area contributed by atoms with Crippen LogP contribution in [0.2, 0.25) is 0 Å². The summed E-state index contributed by atoms with van der Waals surface area (Å²) < 4.78 is 0.824. The number of hydrogen-bond donors (Lipinski definition) is 1. The molecule has 0 fully saturated rings. The first-order valence-electron chi connectivity index (χ1n) is 6.73. The lowest BCUT2D eigenvalue weighted by atomic mass is 10.2. The van der Waals surface area contributed by atoms with Gasteiger partial charge in [-0.05, 0) is 22.4 Å². The average Bonchev–Trinajstić information content (AvgIpc) is 3.01. The number of hydrogen-bond acceptors (Lipinski definition) is 6. The van der Waals surface area contributed by atoms with Gasteiger partial charge in [0.15, 0.2) is 0 Å². The molecule has 0 atom stereocenters. The number of nitro groups is 1. The minimum atomic E-state index is -1.09. The molecule has 0 aliphatic carbocycles. The molecular formula is C14H14N4O5S. The fourth-order valence-electron chi connectivity index (χ4n) is 2.02. The van der Waals surface area contributed by atoms with E-state index in [4.69, 9.17) is 5.73 Å². The number of amides is 2. The van der Waals surface area contributed by atoms with Crippen molar-refractivity contribution in [2.75, 3.05) is 7.05 Å². The molecule has 9 nitrogen and oxygen atoms in total. The molecule has 0 aliphatic rings. The van der Waals surface area contributed by atoms with Crippen molar-refractivity contribution < 1.29 is 14.5 Å². The normalized spacial score (nSPS) is 10.4. The molecule has 0 saturated heterocycles. The van der Waals surface area contributed by atoms with Crippen LogP contribution in [0, 0.1) is 10.1 Å². The van der Waals surface area contributed by atoms with Crippen LogP contribution in [0.4, 0.5) is 5.69 Å². The topological polar surface area (TPSA) is 129 Å². The first-order valence-corrected chi connectivity index (χ1v) is 7.67. The second-order valence-corrected chi connectivity index (χ2v) is 5.83. The maximum absolute atomic E-state index is 12.2. The molecule has 0 spiro atoms. The highest BCUT2D eigenvalue weighted by Crippen LogP contribution is 2.11. The van der Waals surface area contributed by atoms with Gasteiger partial charge >= 0.3 is 0 Å². The molecule has 2 aromatic rings. The van der Waals surface area contributed by atoms with Crippen LogP contribution < -0.4 is 11.3 Å². The van der Waals surface area contributed by atoms with Crippen LogP contribution in [-0.4, -0.2) is 33.3 Å². The van der Waals surface area contributed by atoms with E-state index in [9.17, 15) is 24.5 Å². The lowest BCUT2D eigenvalue weighted by Gasteiger charge is -2.17. The molecule has 2 amide bonds. The van der Waals surface area contributed by atoms with Crippen molar-refractivity contribution in [3.05, 3.63) is 60.7 Å². The van der Waals surface area contributed by atoms with Crippen molar-refractivity contribution in [1.82, 2.24) is 9.47 Å². The lowest BCUT2D eigenvalue weighted by molar-refractivity contribution is -0.385. The van der Waals surface area contributed by atoms with E-state index in [1.54, 1.807) is 7.05 Å². The molecule has 2 heterocycles. The van der Waals surface area contributed by atoms with Crippen LogP contribution in [0.5, 0.6) is 0 Å². The molecule has 24 heavy (non-hydrogen) atoms. The van der Waals surface area contributed by atoms with Crippen molar-refractivity contribution in [2.24, 2.45) is 5.73 Å². The van der Waals surface area contributed by atoms with Gasteiger partial charge in [-0.3, -0.25) is 29.1 Å². The molecule has 2 N–H and O–H groups in total. The number of nitrogens with zero attached hydrogens (tertiary/aromatic N) is 3. The zero-order valence-corrected chi connectivity index (χ0v) is 13.5. The van der Waals surface area contributed by atoms with Crippen molar-refractivity contribution in [1.29, 1.82) is 0 Å². The molecule has 126 valence electrons. The maximum Gasteiger partial charge on any atom is 0.286 e. The Morgan fingerprint density at radius 1 is 1.46 bits per heavy atom. The Hall–Kier alpha value is -3.01. The van der Waals surface area contributed by atoms with Gasteiger partial charge in [-0.15, -0.1) is 0 Å². The van der Waals surface area contributed by atoms with Gasteiger partial charge in [0.05, 0.1) is 11.1 Å². The lowest BCUT2D eigenvalue weighted by Crippen LogP contribution is -2.36. The van der Waals surface area contributed by atoms with Gasteiger partial charge in [-0.25, -0.2) is 0 Å². The second-order valence-electron chi connectivity index (χ2n) is 5.05. The van der Waals surface area contributed by atoms with Crippen LogP contribution in [-0.2, 0) is 17.9 Å². The summed E-state index contributed by atoms with van der Waals surface area (Å²) in [5.41, 5.74) is 4.13. The second kappa shape index (κ2) is 7.04. The zero-order chi connectivity index (χ0) is 17.9. The fourth-order valence-corrected chi connectivity index (χ4v) is 2.68. The summed E-state index contributed by atoms with van der Waals surface area (Å²) in [7, 11) is 1.55. The molecule has 0 saturated carbocycles. The Morgan fingerprint density at radius 3 is 2.71 bits per heavy atom. The van der Waals surface area contributed by atoms with E-state index < -0.39 is 40.1 Å². The van der Waals surface area contributed by atoms with E-state index in [1.165, 1.54) is 16.2 Å². The fraction of sp³-hybridized carbons (Fsp3) is 0.214. The summed E-state index contributed by atoms with van der Waals surface area (Å²) in [4.78, 5) is 47.2. The summed E-state index contributed by atoms with van der Waals surface area (Å²) >= 11 is 1.49. The molecule has 0 unspecified atom stereocenters. The standard InChI is InChI=1S/C14H14N4O5S/c1-16(5-9-2-3-24-8-9)12(19)7-17-6-10(18(22)23)4-11(13(15)20)14(17)21/h2-4,6,8H,5,7H2,1H3,(H2,15,20). The van der Waals surface area contributed by atoms with Gasteiger partial charge in [0.25, 0.3) is 17.2 Å². The number of likely N-dealkylation sites (N-methyl/N-ethyl adjacent to an activating group) is 1. The SMILES string of the molecule is CN(Cc1ccsc1)C(=O)Cn1cc([N+](=O)[O-])cc(C(N)=O)c1=O. The number of nitrogens with two attached hydrogens (primary N) is 1. The minimum absolute atomic E-state index is 0.342. The molecule has 0 bridgehead atoms. The third-order valence-corrected chi connectivity index (χ3v) is 4.01. The van der Waals surface area contributed by atoms with E-state index in [1.807, 2.05) is 16.8 Å². The smallest absolute Gasteiger partial charge is 0.286 e. The third-order valence-electron chi connectivity index (χ3n) is 3.28. The molecule has 0 aromatic carbocycles. The minimum Gasteiger partial charge on any atom is -0.365 e. The van der Waals surface area contributed by atoms with Gasteiger partial charge in [-0.2, -0.15) is 11.3 Å². The predicted octanol–water partition coefficient (Wildman–Crippen LogP) is 0.576. The summed E-state index contributed by atoms with van der Waals surface area (Å²) in [5.74, 6) is -1.52. The number of carbonyl (C=O) groups excluding carboxylic acids is 2. The summed E-state index contributed by atoms with van der Waals surface area (Å²) in [6, 6.07) is 2.67. The van der Waals surface area contributed by atoms with Crippen LogP contribution >= 0.6 is 11.3 Å². The van der Waals surface area contributed by atoms with E-state index >= 15 is 0 Å². The van der Waals surface area contributed by atoms with Crippen molar-refractivity contribution >= 4 is 28.8 Å². The maximum atomic E-state index is 12.2. The Bertz CT molecular complexity index is 843. The highest BCUT2D eigenvalue weighted by atomic mass is 32.1. The number of rotatable bonds is 6. The van der Waals surface area contributed by atoms with Crippen LogP contribution in [0.15, 0.2) is 33.9 Å². The Morgan fingerprint density at radius 2 is 2.17 bits per heavy atom. The highest BCUT2D eigenvalue weighted by Gasteiger charge is 2.19. The molecule has 2 aromatic heterocycles. The number of carbonyl (C=O) groups is 2. The van der Waals surface area contributed by atoms with Crippen molar-refractivity contribution in [3.63, 3.8) is 0 Å². The Balaban J connectivity index is 2.27. The molecular weight excluding hydrogens is 336 g/mol. The van der Waals surface area contributed by atoms with Gasteiger partial charge in [0, 0.05) is 19.7 Å². The summed E-state index contributed by atoms with van der Waals surface area (Å²) in [6.07, 6.45) is 0.922. The Labute approximate surface area is 140 Å². The Kier molecular flexibility index (Phi) is 5.09. The van der Waals surface area contributed by atoms with E-state index in [-0.39, 0.29) is 0 Å². The highest BCUT2D eigenvalue weighted by molar-refractivity contribution is 7.07. The van der Waals surface area contributed by atoms with Gasteiger partial charge < -0.3 is 10.6 Å². The summed E-state index contributed by atoms with van der Waals surface area (Å²) in [5, 5.41) is 14.7. The number of pyridine rings is 1. The van der Waals surface area contributed by atoms with Crippen molar-refractivity contribution in [2.45, 2.75) is 13.1 Å².